The maximum atomic E-state index is 13.4. The van der Waals surface area contributed by atoms with Crippen molar-refractivity contribution < 1.29 is 18.7 Å². The summed E-state index contributed by atoms with van der Waals surface area (Å²) in [7, 11) is 1.67. The minimum Gasteiger partial charge on any atom is -0.492 e. The van der Waals surface area contributed by atoms with Crippen molar-refractivity contribution in [2.24, 2.45) is 0 Å². The topological polar surface area (TPSA) is 58.6 Å². The fourth-order valence-corrected chi connectivity index (χ4v) is 2.85. The van der Waals surface area contributed by atoms with Gasteiger partial charge in [-0.05, 0) is 29.8 Å². The van der Waals surface area contributed by atoms with E-state index in [1.165, 1.54) is 12.1 Å². The summed E-state index contributed by atoms with van der Waals surface area (Å²) in [4.78, 5) is 26.1. The molecule has 3 rings (SSSR count). The molecular formula is C19H19FN2O3. The summed E-state index contributed by atoms with van der Waals surface area (Å²) >= 11 is 0. The van der Waals surface area contributed by atoms with Gasteiger partial charge in [-0.3, -0.25) is 9.59 Å². The van der Waals surface area contributed by atoms with Gasteiger partial charge < -0.3 is 15.0 Å². The number of carbonyl (C=O) groups excluding carboxylic acids is 2. The van der Waals surface area contributed by atoms with E-state index >= 15 is 0 Å². The number of carbonyl (C=O) groups is 2. The molecule has 5 nitrogen and oxygen atoms in total. The lowest BCUT2D eigenvalue weighted by Gasteiger charge is -2.28. The Balaban J connectivity index is 1.65. The second-order valence-corrected chi connectivity index (χ2v) is 5.96. The highest BCUT2D eigenvalue weighted by molar-refractivity contribution is 6.01. The second kappa shape index (κ2) is 7.34. The number of hydrogen-bond acceptors (Lipinski definition) is 3. The first-order valence-electron chi connectivity index (χ1n) is 8.06. The zero-order chi connectivity index (χ0) is 17.8. The van der Waals surface area contributed by atoms with Crippen molar-refractivity contribution in [1.29, 1.82) is 0 Å². The van der Waals surface area contributed by atoms with Crippen LogP contribution in [0.1, 0.15) is 17.9 Å². The van der Waals surface area contributed by atoms with Crippen LogP contribution in [0.3, 0.4) is 0 Å². The van der Waals surface area contributed by atoms with E-state index in [0.29, 0.717) is 24.4 Å². The molecule has 6 heteroatoms. The van der Waals surface area contributed by atoms with Gasteiger partial charge in [0.2, 0.25) is 11.8 Å². The van der Waals surface area contributed by atoms with Crippen LogP contribution in [-0.4, -0.2) is 36.9 Å². The summed E-state index contributed by atoms with van der Waals surface area (Å²) in [5.74, 6) is -0.784. The Morgan fingerprint density at radius 3 is 2.80 bits per heavy atom. The van der Waals surface area contributed by atoms with Gasteiger partial charge in [-0.1, -0.05) is 24.3 Å². The van der Waals surface area contributed by atoms with Crippen LogP contribution in [-0.2, 0) is 9.59 Å². The van der Waals surface area contributed by atoms with Crippen LogP contribution in [0.5, 0.6) is 5.75 Å². The Kier molecular flexibility index (Phi) is 4.97. The molecular weight excluding hydrogens is 323 g/mol. The maximum Gasteiger partial charge on any atom is 0.230 e. The summed E-state index contributed by atoms with van der Waals surface area (Å²) < 4.78 is 19.0. The molecule has 0 radical (unpaired) electrons. The highest BCUT2D eigenvalue weighted by Gasteiger charge is 2.32. The minimum absolute atomic E-state index is 0.0569. The highest BCUT2D eigenvalue weighted by atomic mass is 19.1. The van der Waals surface area contributed by atoms with Crippen LogP contribution in [0.4, 0.5) is 10.1 Å². The van der Waals surface area contributed by atoms with E-state index in [1.54, 1.807) is 18.0 Å². The van der Waals surface area contributed by atoms with Crippen LogP contribution >= 0.6 is 0 Å². The molecule has 0 saturated carbocycles. The van der Waals surface area contributed by atoms with Crippen molar-refractivity contribution in [1.82, 2.24) is 4.90 Å². The lowest BCUT2D eigenvalue weighted by Crippen LogP contribution is -2.38. The van der Waals surface area contributed by atoms with E-state index in [-0.39, 0.29) is 18.2 Å². The fourth-order valence-electron chi connectivity index (χ4n) is 2.85. The Morgan fingerprint density at radius 1 is 1.28 bits per heavy atom. The molecule has 0 fully saturated rings. The molecule has 0 aromatic heterocycles. The minimum atomic E-state index is -0.605. The number of rotatable bonds is 5. The molecule has 130 valence electrons. The molecule has 2 aromatic rings. The summed E-state index contributed by atoms with van der Waals surface area (Å²) in [5.41, 5.74) is 1.00. The van der Waals surface area contributed by atoms with Crippen LogP contribution in [0.15, 0.2) is 48.5 Å². The molecule has 1 aliphatic heterocycles. The zero-order valence-corrected chi connectivity index (χ0v) is 13.9. The maximum absolute atomic E-state index is 13.4. The van der Waals surface area contributed by atoms with E-state index in [1.807, 2.05) is 30.3 Å². The van der Waals surface area contributed by atoms with Crippen molar-refractivity contribution in [3.8, 4) is 5.75 Å². The van der Waals surface area contributed by atoms with Gasteiger partial charge in [0, 0.05) is 19.2 Å². The molecule has 1 unspecified atom stereocenters. The lowest BCUT2D eigenvalue weighted by molar-refractivity contribution is -0.134. The molecule has 1 heterocycles. The molecule has 0 spiro atoms. The van der Waals surface area contributed by atoms with Gasteiger partial charge in [-0.15, -0.1) is 0 Å². The third kappa shape index (κ3) is 3.96. The number of nitrogens with one attached hydrogen (secondary N) is 1. The van der Waals surface area contributed by atoms with E-state index in [2.05, 4.69) is 5.32 Å². The molecule has 25 heavy (non-hydrogen) atoms. The number of nitrogens with zero attached hydrogens (tertiary/aromatic N) is 1. The lowest BCUT2D eigenvalue weighted by atomic mass is 9.89. The molecule has 1 aliphatic rings. The molecule has 1 N–H and O–H groups in total. The third-order valence-electron chi connectivity index (χ3n) is 4.17. The van der Waals surface area contributed by atoms with E-state index in [0.717, 1.165) is 5.75 Å². The SMILES string of the molecule is CN(CCOc1ccccc1)C(=O)C1CC(=O)Nc2cc(F)ccc21. The van der Waals surface area contributed by atoms with Gasteiger partial charge in [-0.2, -0.15) is 0 Å². The standard InChI is InChI=1S/C19H19FN2O3/c1-22(9-10-25-14-5-3-2-4-6-14)19(24)16-12-18(23)21-17-11-13(20)7-8-15(16)17/h2-8,11,16H,9-10,12H2,1H3,(H,21,23). The van der Waals surface area contributed by atoms with E-state index < -0.39 is 11.7 Å². The van der Waals surface area contributed by atoms with Gasteiger partial charge in [0.1, 0.15) is 18.2 Å². The first-order valence-corrected chi connectivity index (χ1v) is 8.06. The molecule has 1 atom stereocenters. The Labute approximate surface area is 145 Å². The number of anilines is 1. The second-order valence-electron chi connectivity index (χ2n) is 5.96. The number of para-hydroxylation sites is 1. The fraction of sp³-hybridized carbons (Fsp3) is 0.263. The summed E-state index contributed by atoms with van der Waals surface area (Å²) in [6.07, 6.45) is 0.0569. The van der Waals surface area contributed by atoms with Crippen molar-refractivity contribution in [2.45, 2.75) is 12.3 Å². The van der Waals surface area contributed by atoms with Crippen LogP contribution in [0, 0.1) is 5.82 Å². The van der Waals surface area contributed by atoms with Crippen molar-refractivity contribution >= 4 is 17.5 Å². The monoisotopic (exact) mass is 342 g/mol. The quantitative estimate of drug-likeness (QED) is 0.909. The van der Waals surface area contributed by atoms with Gasteiger partial charge >= 0.3 is 0 Å². The van der Waals surface area contributed by atoms with E-state index in [9.17, 15) is 14.0 Å². The van der Waals surface area contributed by atoms with Gasteiger partial charge in [0.15, 0.2) is 0 Å². The molecule has 2 amide bonds. The molecule has 2 aromatic carbocycles. The van der Waals surface area contributed by atoms with Crippen LogP contribution < -0.4 is 10.1 Å². The number of hydrogen-bond donors (Lipinski definition) is 1. The largest absolute Gasteiger partial charge is 0.492 e. The number of ether oxygens (including phenoxy) is 1. The van der Waals surface area contributed by atoms with Gasteiger partial charge in [0.25, 0.3) is 0 Å². The average molecular weight is 342 g/mol. The first kappa shape index (κ1) is 17.0. The van der Waals surface area contributed by atoms with Gasteiger partial charge in [-0.25, -0.2) is 4.39 Å². The molecule has 0 aliphatic carbocycles. The smallest absolute Gasteiger partial charge is 0.230 e. The van der Waals surface area contributed by atoms with Crippen molar-refractivity contribution in [2.75, 3.05) is 25.5 Å². The number of amides is 2. The van der Waals surface area contributed by atoms with Gasteiger partial charge in [0.05, 0.1) is 12.5 Å². The Hall–Kier alpha value is -2.89. The van der Waals surface area contributed by atoms with Crippen molar-refractivity contribution in [3.05, 3.63) is 59.9 Å². The van der Waals surface area contributed by atoms with E-state index in [4.69, 9.17) is 4.74 Å². The Bertz CT molecular complexity index is 779. The molecule has 0 saturated heterocycles. The third-order valence-corrected chi connectivity index (χ3v) is 4.17. The average Bonchev–Trinajstić information content (AvgIpc) is 2.60. The Morgan fingerprint density at radius 2 is 2.04 bits per heavy atom. The normalized spacial score (nSPS) is 15.9. The number of halogens is 1. The predicted molar refractivity (Wildman–Crippen MR) is 92.0 cm³/mol. The highest BCUT2D eigenvalue weighted by Crippen LogP contribution is 2.33. The number of fused-ring (bicyclic) bond motifs is 1. The summed E-state index contributed by atoms with van der Waals surface area (Å²) in [6.45, 7) is 0.740. The number of likely N-dealkylation sites (N-methyl/N-ethyl adjacent to an activating group) is 1. The zero-order valence-electron chi connectivity index (χ0n) is 13.9. The summed E-state index contributed by atoms with van der Waals surface area (Å²) in [6, 6.07) is 13.4. The summed E-state index contributed by atoms with van der Waals surface area (Å²) in [5, 5.41) is 2.61. The van der Waals surface area contributed by atoms with Crippen LogP contribution in [0.2, 0.25) is 0 Å². The molecule has 0 bridgehead atoms. The van der Waals surface area contributed by atoms with Crippen LogP contribution in [0.25, 0.3) is 0 Å². The van der Waals surface area contributed by atoms with Crippen molar-refractivity contribution in [3.63, 3.8) is 0 Å². The first-order chi connectivity index (χ1) is 12.0. The number of benzene rings is 2. The predicted octanol–water partition coefficient (Wildman–Crippen LogP) is 2.79.